The molecule has 1 aliphatic heterocycles. The van der Waals surface area contributed by atoms with E-state index in [4.69, 9.17) is 14.3 Å². The molecule has 1 unspecified atom stereocenters. The lowest BCUT2D eigenvalue weighted by molar-refractivity contribution is 0.0284. The summed E-state index contributed by atoms with van der Waals surface area (Å²) in [4.78, 5) is 5.17. The van der Waals surface area contributed by atoms with Crippen molar-refractivity contribution in [2.45, 2.75) is 19.9 Å². The van der Waals surface area contributed by atoms with Crippen molar-refractivity contribution in [3.8, 4) is 11.5 Å². The largest absolute Gasteiger partial charge is 0.486 e. The minimum atomic E-state index is 0.135. The maximum Gasteiger partial charge on any atom is 0.161 e. The molecule has 0 radical (unpaired) electrons. The third-order valence-electron chi connectivity index (χ3n) is 2.47. The van der Waals surface area contributed by atoms with Crippen LogP contribution in [0, 0.1) is 0 Å². The van der Waals surface area contributed by atoms with Gasteiger partial charge in [0, 0.05) is 0 Å². The van der Waals surface area contributed by atoms with Crippen LogP contribution in [0.2, 0.25) is 0 Å². The van der Waals surface area contributed by atoms with Crippen LogP contribution >= 0.6 is 0 Å². The van der Waals surface area contributed by atoms with Gasteiger partial charge in [-0.05, 0) is 31.5 Å². The van der Waals surface area contributed by atoms with Crippen LogP contribution in [0.25, 0.3) is 0 Å². The van der Waals surface area contributed by atoms with E-state index in [0.717, 1.165) is 17.1 Å². The highest BCUT2D eigenvalue weighted by molar-refractivity contribution is 5.44. The van der Waals surface area contributed by atoms with Gasteiger partial charge in [-0.15, -0.1) is 0 Å². The van der Waals surface area contributed by atoms with Crippen molar-refractivity contribution < 1.29 is 14.3 Å². The third-order valence-corrected chi connectivity index (χ3v) is 2.47. The van der Waals surface area contributed by atoms with Gasteiger partial charge in [-0.25, -0.2) is 0 Å². The Labute approximate surface area is 95.5 Å². The van der Waals surface area contributed by atoms with Gasteiger partial charge in [0.15, 0.2) is 11.5 Å². The first-order chi connectivity index (χ1) is 7.81. The number of benzene rings is 1. The molecule has 0 aliphatic carbocycles. The number of ether oxygens (including phenoxy) is 2. The van der Waals surface area contributed by atoms with Gasteiger partial charge in [0.25, 0.3) is 0 Å². The first-order valence-electron chi connectivity index (χ1n) is 5.58. The highest BCUT2D eigenvalue weighted by Crippen LogP contribution is 2.32. The summed E-state index contributed by atoms with van der Waals surface area (Å²) >= 11 is 0. The molecule has 1 aromatic rings. The van der Waals surface area contributed by atoms with E-state index >= 15 is 0 Å². The highest BCUT2D eigenvalue weighted by atomic mass is 16.6. The fourth-order valence-corrected chi connectivity index (χ4v) is 1.61. The maximum absolute atomic E-state index is 5.53. The second-order valence-electron chi connectivity index (χ2n) is 3.68. The summed E-state index contributed by atoms with van der Waals surface area (Å²) < 4.78 is 11.0. The van der Waals surface area contributed by atoms with Crippen molar-refractivity contribution >= 4 is 0 Å². The van der Waals surface area contributed by atoms with Gasteiger partial charge in [0.2, 0.25) is 0 Å². The first kappa shape index (κ1) is 11.2. The molecule has 0 saturated carbocycles. The van der Waals surface area contributed by atoms with Crippen molar-refractivity contribution in [1.29, 1.82) is 0 Å². The zero-order chi connectivity index (χ0) is 11.4. The van der Waals surface area contributed by atoms with Crippen LogP contribution in [0.5, 0.6) is 11.5 Å². The van der Waals surface area contributed by atoms with E-state index in [1.807, 2.05) is 32.0 Å². The third kappa shape index (κ3) is 2.46. The molecule has 1 atom stereocenters. The Bertz CT molecular complexity index is 354. The summed E-state index contributed by atoms with van der Waals surface area (Å²) in [5.74, 6) is 1.63. The van der Waals surface area contributed by atoms with E-state index in [1.165, 1.54) is 0 Å². The molecule has 0 bridgehead atoms. The average molecular weight is 223 g/mol. The second kappa shape index (κ2) is 5.18. The molecule has 88 valence electrons. The van der Waals surface area contributed by atoms with Crippen molar-refractivity contribution in [2.75, 3.05) is 19.8 Å². The van der Waals surface area contributed by atoms with Gasteiger partial charge in [0.1, 0.15) is 13.2 Å². The summed E-state index contributed by atoms with van der Waals surface area (Å²) in [6.07, 6.45) is 0. The van der Waals surface area contributed by atoms with Crippen molar-refractivity contribution in [3.05, 3.63) is 23.8 Å². The molecule has 1 aliphatic rings. The van der Waals surface area contributed by atoms with Gasteiger partial charge in [-0.1, -0.05) is 6.07 Å². The van der Waals surface area contributed by atoms with E-state index in [2.05, 4.69) is 5.48 Å². The molecule has 0 fully saturated rings. The normalized spacial score (nSPS) is 15.9. The Morgan fingerprint density at radius 2 is 2.06 bits per heavy atom. The fraction of sp³-hybridized carbons (Fsp3) is 0.500. The van der Waals surface area contributed by atoms with Gasteiger partial charge in [0.05, 0.1) is 12.6 Å². The summed E-state index contributed by atoms with van der Waals surface area (Å²) in [5, 5.41) is 0. The Hall–Kier alpha value is -1.26. The van der Waals surface area contributed by atoms with Gasteiger partial charge in [-0.3, -0.25) is 0 Å². The van der Waals surface area contributed by atoms with E-state index in [9.17, 15) is 0 Å². The molecule has 0 spiro atoms. The molecule has 0 amide bonds. The molecule has 1 aromatic carbocycles. The number of nitrogens with one attached hydrogen (secondary N) is 1. The smallest absolute Gasteiger partial charge is 0.161 e. The molecule has 1 heterocycles. The SMILES string of the molecule is CCONC(C)c1ccc2c(c1)OCCO2. The predicted molar refractivity (Wildman–Crippen MR) is 60.6 cm³/mol. The number of hydroxylamine groups is 1. The van der Waals surface area contributed by atoms with E-state index in [0.29, 0.717) is 19.8 Å². The lowest BCUT2D eigenvalue weighted by atomic mass is 10.1. The van der Waals surface area contributed by atoms with Crippen LogP contribution in [-0.2, 0) is 4.84 Å². The average Bonchev–Trinajstić information content (AvgIpc) is 2.35. The minimum absolute atomic E-state index is 0.135. The molecule has 2 rings (SSSR count). The number of hydrogen-bond acceptors (Lipinski definition) is 4. The molecule has 1 N–H and O–H groups in total. The van der Waals surface area contributed by atoms with Gasteiger partial charge < -0.3 is 14.3 Å². The summed E-state index contributed by atoms with van der Waals surface area (Å²) in [5.41, 5.74) is 4.08. The predicted octanol–water partition coefficient (Wildman–Crippen LogP) is 2.06. The molecular weight excluding hydrogens is 206 g/mol. The quantitative estimate of drug-likeness (QED) is 0.793. The van der Waals surface area contributed by atoms with Crippen LogP contribution in [0.4, 0.5) is 0 Å². The number of fused-ring (bicyclic) bond motifs is 1. The van der Waals surface area contributed by atoms with Crippen LogP contribution < -0.4 is 15.0 Å². The summed E-state index contributed by atoms with van der Waals surface area (Å²) in [6.45, 7) is 5.88. The van der Waals surface area contributed by atoms with E-state index < -0.39 is 0 Å². The van der Waals surface area contributed by atoms with Crippen LogP contribution in [0.3, 0.4) is 0 Å². The highest BCUT2D eigenvalue weighted by Gasteiger charge is 2.14. The Kier molecular flexibility index (Phi) is 3.64. The molecule has 16 heavy (non-hydrogen) atoms. The first-order valence-corrected chi connectivity index (χ1v) is 5.58. The van der Waals surface area contributed by atoms with Crippen LogP contribution in [0.1, 0.15) is 25.5 Å². The lowest BCUT2D eigenvalue weighted by Crippen LogP contribution is -2.20. The van der Waals surface area contributed by atoms with Gasteiger partial charge in [-0.2, -0.15) is 5.48 Å². The van der Waals surface area contributed by atoms with E-state index in [1.54, 1.807) is 0 Å². The fourth-order valence-electron chi connectivity index (χ4n) is 1.61. The monoisotopic (exact) mass is 223 g/mol. The summed E-state index contributed by atoms with van der Waals surface area (Å²) in [6, 6.07) is 6.08. The molecule has 0 saturated heterocycles. The maximum atomic E-state index is 5.53. The van der Waals surface area contributed by atoms with Crippen molar-refractivity contribution in [2.24, 2.45) is 0 Å². The molecule has 4 nitrogen and oxygen atoms in total. The molecule has 4 heteroatoms. The molecular formula is C12H17NO3. The Morgan fingerprint density at radius 3 is 2.81 bits per heavy atom. The minimum Gasteiger partial charge on any atom is -0.486 e. The Balaban J connectivity index is 2.10. The standard InChI is InChI=1S/C12H17NO3/c1-3-16-13-9(2)10-4-5-11-12(8-10)15-7-6-14-11/h4-5,8-9,13H,3,6-7H2,1-2H3. The zero-order valence-corrected chi connectivity index (χ0v) is 9.66. The number of hydrogen-bond donors (Lipinski definition) is 1. The Morgan fingerprint density at radius 1 is 1.31 bits per heavy atom. The molecule has 0 aromatic heterocycles. The second-order valence-corrected chi connectivity index (χ2v) is 3.68. The van der Waals surface area contributed by atoms with Gasteiger partial charge >= 0.3 is 0 Å². The number of rotatable bonds is 4. The lowest BCUT2D eigenvalue weighted by Gasteiger charge is -2.20. The van der Waals surface area contributed by atoms with Crippen LogP contribution in [-0.4, -0.2) is 19.8 Å². The zero-order valence-electron chi connectivity index (χ0n) is 9.66. The van der Waals surface area contributed by atoms with Crippen LogP contribution in [0.15, 0.2) is 18.2 Å². The van der Waals surface area contributed by atoms with Crippen molar-refractivity contribution in [3.63, 3.8) is 0 Å². The van der Waals surface area contributed by atoms with E-state index in [-0.39, 0.29) is 6.04 Å². The van der Waals surface area contributed by atoms with Crippen molar-refractivity contribution in [1.82, 2.24) is 5.48 Å². The topological polar surface area (TPSA) is 39.7 Å². The summed E-state index contributed by atoms with van der Waals surface area (Å²) in [7, 11) is 0.